The van der Waals surface area contributed by atoms with E-state index in [1.807, 2.05) is 17.6 Å². The average Bonchev–Trinajstić information content (AvgIpc) is 2.99. The van der Waals surface area contributed by atoms with E-state index in [9.17, 15) is 4.39 Å². The van der Waals surface area contributed by atoms with Gasteiger partial charge in [-0.3, -0.25) is 0 Å². The van der Waals surface area contributed by atoms with Crippen molar-refractivity contribution in [2.45, 2.75) is 26.8 Å². The minimum atomic E-state index is -0.291. The van der Waals surface area contributed by atoms with Gasteiger partial charge in [-0.05, 0) is 31.5 Å². The first-order valence-electron chi connectivity index (χ1n) is 6.69. The van der Waals surface area contributed by atoms with Crippen molar-refractivity contribution >= 4 is 27.4 Å². The molecule has 3 nitrogen and oxygen atoms in total. The van der Waals surface area contributed by atoms with E-state index in [1.54, 1.807) is 17.4 Å². The second kappa shape index (κ2) is 4.90. The van der Waals surface area contributed by atoms with Crippen LogP contribution in [0.4, 0.5) is 9.39 Å². The first-order chi connectivity index (χ1) is 9.65. The first kappa shape index (κ1) is 13.1. The van der Waals surface area contributed by atoms with E-state index in [-0.39, 0.29) is 5.82 Å². The van der Waals surface area contributed by atoms with Crippen LogP contribution in [0.1, 0.15) is 18.7 Å². The largest absolute Gasteiger partial charge is 0.390 e. The molecular formula is C15H16FN3S. The fourth-order valence-electron chi connectivity index (χ4n) is 2.45. The summed E-state index contributed by atoms with van der Waals surface area (Å²) in [5.41, 5.74) is 8.23. The SMILES string of the molecule is CCc1cc(-c2nc3c(F)cccc3n2CC)c(N)s1. The first-order valence-corrected chi connectivity index (χ1v) is 7.50. The monoisotopic (exact) mass is 289 g/mol. The molecule has 0 amide bonds. The molecule has 0 atom stereocenters. The number of imidazole rings is 1. The van der Waals surface area contributed by atoms with Gasteiger partial charge in [0.2, 0.25) is 0 Å². The number of anilines is 1. The predicted octanol–water partition coefficient (Wildman–Crippen LogP) is 4.07. The normalized spacial score (nSPS) is 11.3. The lowest BCUT2D eigenvalue weighted by Gasteiger charge is -2.05. The van der Waals surface area contributed by atoms with Gasteiger partial charge in [0.1, 0.15) is 11.3 Å². The molecule has 0 bridgehead atoms. The highest BCUT2D eigenvalue weighted by Crippen LogP contribution is 2.35. The van der Waals surface area contributed by atoms with Crippen molar-refractivity contribution in [2.75, 3.05) is 5.73 Å². The number of nitrogens with two attached hydrogens (primary N) is 1. The number of nitrogen functional groups attached to an aromatic ring is 1. The molecule has 0 saturated heterocycles. The van der Waals surface area contributed by atoms with Crippen molar-refractivity contribution in [2.24, 2.45) is 0 Å². The number of benzene rings is 1. The van der Waals surface area contributed by atoms with Crippen LogP contribution in [0.2, 0.25) is 0 Å². The number of nitrogens with zero attached hydrogens (tertiary/aromatic N) is 2. The van der Waals surface area contributed by atoms with Crippen molar-refractivity contribution in [3.63, 3.8) is 0 Å². The number of aromatic nitrogens is 2. The molecule has 104 valence electrons. The molecule has 0 radical (unpaired) electrons. The number of fused-ring (bicyclic) bond motifs is 1. The second-order valence-electron chi connectivity index (χ2n) is 4.63. The van der Waals surface area contributed by atoms with Crippen LogP contribution in [-0.2, 0) is 13.0 Å². The van der Waals surface area contributed by atoms with Gasteiger partial charge >= 0.3 is 0 Å². The number of halogens is 1. The molecule has 0 spiro atoms. The van der Waals surface area contributed by atoms with Crippen LogP contribution < -0.4 is 5.73 Å². The summed E-state index contributed by atoms with van der Waals surface area (Å²) in [4.78, 5) is 5.69. The maximum absolute atomic E-state index is 13.9. The van der Waals surface area contributed by atoms with E-state index in [0.717, 1.165) is 34.9 Å². The third-order valence-electron chi connectivity index (χ3n) is 3.45. The maximum Gasteiger partial charge on any atom is 0.151 e. The number of para-hydroxylation sites is 1. The lowest BCUT2D eigenvalue weighted by molar-refractivity contribution is 0.637. The third-order valence-corrected chi connectivity index (χ3v) is 4.56. The van der Waals surface area contributed by atoms with Gasteiger partial charge in [-0.25, -0.2) is 9.37 Å². The van der Waals surface area contributed by atoms with Crippen LogP contribution in [0.3, 0.4) is 0 Å². The third kappa shape index (κ3) is 1.89. The summed E-state index contributed by atoms with van der Waals surface area (Å²) >= 11 is 1.57. The molecule has 2 aromatic heterocycles. The van der Waals surface area contributed by atoms with Gasteiger partial charge in [0, 0.05) is 11.4 Å². The van der Waals surface area contributed by atoms with Crippen LogP contribution in [0.15, 0.2) is 24.3 Å². The average molecular weight is 289 g/mol. The second-order valence-corrected chi connectivity index (χ2v) is 5.80. The topological polar surface area (TPSA) is 43.8 Å². The van der Waals surface area contributed by atoms with Crippen LogP contribution in [0, 0.1) is 5.82 Å². The lowest BCUT2D eigenvalue weighted by Crippen LogP contribution is -1.98. The summed E-state index contributed by atoms with van der Waals surface area (Å²) in [6.45, 7) is 4.85. The van der Waals surface area contributed by atoms with E-state index in [1.165, 1.54) is 10.9 Å². The Morgan fingerprint density at radius 3 is 2.80 bits per heavy atom. The molecule has 0 unspecified atom stereocenters. The molecule has 0 aliphatic carbocycles. The Morgan fingerprint density at radius 2 is 2.15 bits per heavy atom. The molecule has 3 rings (SSSR count). The quantitative estimate of drug-likeness (QED) is 0.790. The molecule has 5 heteroatoms. The zero-order valence-electron chi connectivity index (χ0n) is 11.5. The zero-order valence-corrected chi connectivity index (χ0v) is 12.3. The van der Waals surface area contributed by atoms with Crippen molar-refractivity contribution in [3.8, 4) is 11.4 Å². The molecule has 1 aromatic carbocycles. The van der Waals surface area contributed by atoms with Crippen molar-refractivity contribution in [1.29, 1.82) is 0 Å². The van der Waals surface area contributed by atoms with Gasteiger partial charge in [-0.2, -0.15) is 0 Å². The summed E-state index contributed by atoms with van der Waals surface area (Å²) in [5, 5.41) is 0.743. The van der Waals surface area contributed by atoms with Gasteiger partial charge < -0.3 is 10.3 Å². The molecule has 3 aromatic rings. The van der Waals surface area contributed by atoms with E-state index >= 15 is 0 Å². The van der Waals surface area contributed by atoms with Crippen molar-refractivity contribution in [3.05, 3.63) is 35.0 Å². The molecule has 0 aliphatic rings. The van der Waals surface area contributed by atoms with Crippen LogP contribution in [0.5, 0.6) is 0 Å². The minimum absolute atomic E-state index is 0.291. The molecule has 0 saturated carbocycles. The summed E-state index contributed by atoms with van der Waals surface area (Å²) in [5.74, 6) is 0.460. The Labute approximate surface area is 120 Å². The van der Waals surface area contributed by atoms with E-state index < -0.39 is 0 Å². The van der Waals surface area contributed by atoms with E-state index in [0.29, 0.717) is 5.52 Å². The van der Waals surface area contributed by atoms with Crippen LogP contribution >= 0.6 is 11.3 Å². The summed E-state index contributed by atoms with van der Waals surface area (Å²) in [6.07, 6.45) is 0.940. The van der Waals surface area contributed by atoms with Crippen LogP contribution in [0.25, 0.3) is 22.4 Å². The Bertz CT molecular complexity index is 773. The van der Waals surface area contributed by atoms with Crippen molar-refractivity contribution < 1.29 is 4.39 Å². The van der Waals surface area contributed by atoms with E-state index in [2.05, 4.69) is 18.0 Å². The molecule has 0 aliphatic heterocycles. The summed E-state index contributed by atoms with van der Waals surface area (Å²) < 4.78 is 15.9. The Kier molecular flexibility index (Phi) is 3.22. The highest BCUT2D eigenvalue weighted by molar-refractivity contribution is 7.16. The fourth-order valence-corrected chi connectivity index (χ4v) is 3.31. The highest BCUT2D eigenvalue weighted by Gasteiger charge is 2.17. The highest BCUT2D eigenvalue weighted by atomic mass is 32.1. The Morgan fingerprint density at radius 1 is 1.35 bits per heavy atom. The maximum atomic E-state index is 13.9. The standard InChI is InChI=1S/C15H16FN3S/c1-3-9-8-10(14(17)20-9)15-18-13-11(16)6-5-7-12(13)19(15)4-2/h5-8H,3-4,17H2,1-2H3. The number of hydrogen-bond acceptors (Lipinski definition) is 3. The van der Waals surface area contributed by atoms with Gasteiger partial charge in [-0.1, -0.05) is 13.0 Å². The van der Waals surface area contributed by atoms with Gasteiger partial charge in [-0.15, -0.1) is 11.3 Å². The van der Waals surface area contributed by atoms with Crippen molar-refractivity contribution in [1.82, 2.24) is 9.55 Å². The van der Waals surface area contributed by atoms with Crippen LogP contribution in [-0.4, -0.2) is 9.55 Å². The van der Waals surface area contributed by atoms with E-state index in [4.69, 9.17) is 5.73 Å². The fraction of sp³-hybridized carbons (Fsp3) is 0.267. The smallest absolute Gasteiger partial charge is 0.151 e. The molecule has 20 heavy (non-hydrogen) atoms. The predicted molar refractivity (Wildman–Crippen MR) is 82.5 cm³/mol. The zero-order chi connectivity index (χ0) is 14.3. The molecular weight excluding hydrogens is 273 g/mol. The number of aryl methyl sites for hydroxylation is 2. The van der Waals surface area contributed by atoms with Gasteiger partial charge in [0.25, 0.3) is 0 Å². The Hall–Kier alpha value is -1.88. The number of hydrogen-bond donors (Lipinski definition) is 1. The summed E-state index contributed by atoms with van der Waals surface area (Å²) in [6, 6.07) is 7.10. The molecule has 0 fully saturated rings. The molecule has 2 N–H and O–H groups in total. The minimum Gasteiger partial charge on any atom is -0.390 e. The number of thiophene rings is 1. The number of rotatable bonds is 3. The van der Waals surface area contributed by atoms with Gasteiger partial charge in [0.05, 0.1) is 16.1 Å². The van der Waals surface area contributed by atoms with Gasteiger partial charge in [0.15, 0.2) is 5.82 Å². The molecule has 2 heterocycles. The lowest BCUT2D eigenvalue weighted by atomic mass is 10.2. The Balaban J connectivity index is 2.30. The summed E-state index contributed by atoms with van der Waals surface area (Å²) in [7, 11) is 0.